The lowest BCUT2D eigenvalue weighted by molar-refractivity contribution is 0.186. The molecule has 13 heavy (non-hydrogen) atoms. The molecule has 0 bridgehead atoms. The highest BCUT2D eigenvalue weighted by atomic mass is 35.5. The van der Waals surface area contributed by atoms with Crippen LogP contribution in [0, 0.1) is 0 Å². The second-order valence-corrected chi connectivity index (χ2v) is 3.27. The van der Waals surface area contributed by atoms with Gasteiger partial charge in [-0.05, 0) is 6.07 Å². The van der Waals surface area contributed by atoms with Gasteiger partial charge in [0.05, 0.1) is 17.2 Å². The van der Waals surface area contributed by atoms with E-state index in [1.807, 2.05) is 0 Å². The third-order valence-corrected chi connectivity index (χ3v) is 2.21. The van der Waals surface area contributed by atoms with E-state index in [1.54, 1.807) is 0 Å². The van der Waals surface area contributed by atoms with Gasteiger partial charge in [0.25, 0.3) is 0 Å². The summed E-state index contributed by atoms with van der Waals surface area (Å²) < 4.78 is 4.92. The first-order valence-corrected chi connectivity index (χ1v) is 4.28. The normalized spacial score (nSPS) is 12.7. The van der Waals surface area contributed by atoms with Crippen molar-refractivity contribution in [3.05, 3.63) is 27.7 Å². The first-order chi connectivity index (χ1) is 6.06. The molecule has 0 spiro atoms. The predicted octanol–water partition coefficient (Wildman–Crippen LogP) is 1.95. The van der Waals surface area contributed by atoms with E-state index < -0.39 is 6.23 Å². The van der Waals surface area contributed by atoms with Crippen molar-refractivity contribution < 1.29 is 9.84 Å². The standard InChI is InChI=1S/C8H9Cl2NO2/c1-13-7-3-5(9)4(8(11)12)2-6(7)10/h2-3,8,12H,11H2,1H3. The number of hydrogen-bond acceptors (Lipinski definition) is 3. The van der Waals surface area contributed by atoms with Crippen molar-refractivity contribution in [1.29, 1.82) is 0 Å². The third kappa shape index (κ3) is 2.25. The maximum atomic E-state index is 9.09. The van der Waals surface area contributed by atoms with Crippen molar-refractivity contribution >= 4 is 23.2 Å². The molecule has 3 N–H and O–H groups in total. The van der Waals surface area contributed by atoms with E-state index in [0.29, 0.717) is 21.4 Å². The fourth-order valence-corrected chi connectivity index (χ4v) is 1.44. The smallest absolute Gasteiger partial charge is 0.138 e. The molecule has 1 aromatic carbocycles. The Bertz CT molecular complexity index is 315. The lowest BCUT2D eigenvalue weighted by Gasteiger charge is -2.10. The zero-order valence-electron chi connectivity index (χ0n) is 6.92. The monoisotopic (exact) mass is 221 g/mol. The summed E-state index contributed by atoms with van der Waals surface area (Å²) in [6.07, 6.45) is -1.13. The lowest BCUT2D eigenvalue weighted by atomic mass is 10.2. The van der Waals surface area contributed by atoms with Crippen molar-refractivity contribution in [2.45, 2.75) is 6.23 Å². The Morgan fingerprint density at radius 1 is 1.38 bits per heavy atom. The molecule has 1 atom stereocenters. The summed E-state index contributed by atoms with van der Waals surface area (Å²) in [7, 11) is 1.48. The highest BCUT2D eigenvalue weighted by Gasteiger charge is 2.11. The van der Waals surface area contributed by atoms with Crippen molar-refractivity contribution in [2.24, 2.45) is 5.73 Å². The number of halogens is 2. The van der Waals surface area contributed by atoms with Gasteiger partial charge in [0, 0.05) is 11.6 Å². The van der Waals surface area contributed by atoms with Crippen LogP contribution in [0.4, 0.5) is 0 Å². The third-order valence-electron chi connectivity index (χ3n) is 1.59. The molecule has 0 aliphatic carbocycles. The van der Waals surface area contributed by atoms with Crippen LogP contribution < -0.4 is 10.5 Å². The summed E-state index contributed by atoms with van der Waals surface area (Å²) in [6.45, 7) is 0. The van der Waals surface area contributed by atoms with Crippen LogP contribution in [0.5, 0.6) is 5.75 Å². The Morgan fingerprint density at radius 3 is 2.46 bits per heavy atom. The summed E-state index contributed by atoms with van der Waals surface area (Å²) in [5.74, 6) is 0.455. The van der Waals surface area contributed by atoms with Crippen LogP contribution in [0.25, 0.3) is 0 Å². The zero-order valence-corrected chi connectivity index (χ0v) is 8.43. The van der Waals surface area contributed by atoms with Gasteiger partial charge in [-0.2, -0.15) is 0 Å². The van der Waals surface area contributed by atoms with E-state index in [2.05, 4.69) is 0 Å². The number of hydrogen-bond donors (Lipinski definition) is 2. The van der Waals surface area contributed by atoms with Crippen LogP contribution in [-0.2, 0) is 0 Å². The maximum absolute atomic E-state index is 9.09. The van der Waals surface area contributed by atoms with E-state index >= 15 is 0 Å². The van der Waals surface area contributed by atoms with Crippen molar-refractivity contribution in [3.8, 4) is 5.75 Å². The van der Waals surface area contributed by atoms with Crippen LogP contribution in [-0.4, -0.2) is 12.2 Å². The maximum Gasteiger partial charge on any atom is 0.138 e. The fraction of sp³-hybridized carbons (Fsp3) is 0.250. The van der Waals surface area contributed by atoms with Crippen molar-refractivity contribution in [2.75, 3.05) is 7.11 Å². The van der Waals surface area contributed by atoms with E-state index in [0.717, 1.165) is 0 Å². The van der Waals surface area contributed by atoms with Crippen LogP contribution in [0.15, 0.2) is 12.1 Å². The molecular formula is C8H9Cl2NO2. The van der Waals surface area contributed by atoms with Gasteiger partial charge < -0.3 is 15.6 Å². The van der Waals surface area contributed by atoms with Crippen molar-refractivity contribution in [1.82, 2.24) is 0 Å². The Kier molecular flexibility index (Phi) is 3.39. The lowest BCUT2D eigenvalue weighted by Crippen LogP contribution is -2.09. The molecular weight excluding hydrogens is 213 g/mol. The number of ether oxygens (including phenoxy) is 1. The van der Waals surface area contributed by atoms with E-state index in [1.165, 1.54) is 19.2 Å². The first kappa shape index (κ1) is 10.6. The summed E-state index contributed by atoms with van der Waals surface area (Å²) in [6, 6.07) is 2.99. The Labute approximate surface area is 86.0 Å². The molecule has 0 amide bonds. The van der Waals surface area contributed by atoms with Gasteiger partial charge in [-0.1, -0.05) is 23.2 Å². The molecule has 0 heterocycles. The second kappa shape index (κ2) is 4.15. The number of methoxy groups -OCH3 is 1. The quantitative estimate of drug-likeness (QED) is 0.752. The largest absolute Gasteiger partial charge is 0.495 e. The molecule has 1 rings (SSSR count). The highest BCUT2D eigenvalue weighted by molar-refractivity contribution is 6.34. The van der Waals surface area contributed by atoms with Crippen molar-refractivity contribution in [3.63, 3.8) is 0 Å². The molecule has 3 nitrogen and oxygen atoms in total. The van der Waals surface area contributed by atoms with Crippen LogP contribution in [0.2, 0.25) is 10.0 Å². The fourth-order valence-electron chi connectivity index (χ4n) is 0.927. The molecule has 0 aliphatic heterocycles. The summed E-state index contributed by atoms with van der Waals surface area (Å²) in [4.78, 5) is 0. The van der Waals surface area contributed by atoms with Gasteiger partial charge in [-0.25, -0.2) is 0 Å². The predicted molar refractivity (Wildman–Crippen MR) is 52.2 cm³/mol. The van der Waals surface area contributed by atoms with Gasteiger partial charge in [-0.15, -0.1) is 0 Å². The topological polar surface area (TPSA) is 55.5 Å². The molecule has 0 aromatic heterocycles. The average molecular weight is 222 g/mol. The Hall–Kier alpha value is -0.480. The molecule has 0 aliphatic rings. The Morgan fingerprint density at radius 2 is 2.00 bits per heavy atom. The van der Waals surface area contributed by atoms with Gasteiger partial charge in [0.2, 0.25) is 0 Å². The summed E-state index contributed by atoms with van der Waals surface area (Å²) >= 11 is 11.6. The minimum atomic E-state index is -1.13. The van der Waals surface area contributed by atoms with Gasteiger partial charge in [0.15, 0.2) is 0 Å². The molecule has 1 unspecified atom stereocenters. The zero-order chi connectivity index (χ0) is 10.0. The van der Waals surface area contributed by atoms with Crippen LogP contribution >= 0.6 is 23.2 Å². The SMILES string of the molecule is COc1cc(Cl)c(C(N)O)cc1Cl. The Balaban J connectivity index is 3.20. The van der Waals surface area contributed by atoms with Crippen LogP contribution in [0.1, 0.15) is 11.8 Å². The minimum Gasteiger partial charge on any atom is -0.495 e. The number of nitrogens with two attached hydrogens (primary N) is 1. The number of rotatable bonds is 2. The second-order valence-electron chi connectivity index (χ2n) is 2.45. The average Bonchev–Trinajstić information content (AvgIpc) is 2.07. The van der Waals surface area contributed by atoms with Gasteiger partial charge in [-0.3, -0.25) is 0 Å². The van der Waals surface area contributed by atoms with E-state index in [9.17, 15) is 0 Å². The molecule has 0 saturated heterocycles. The number of aliphatic hydroxyl groups excluding tert-OH is 1. The molecule has 0 fully saturated rings. The van der Waals surface area contributed by atoms with Crippen LogP contribution in [0.3, 0.4) is 0 Å². The van der Waals surface area contributed by atoms with Gasteiger partial charge >= 0.3 is 0 Å². The number of benzene rings is 1. The molecule has 0 saturated carbocycles. The van der Waals surface area contributed by atoms with Gasteiger partial charge in [0.1, 0.15) is 12.0 Å². The molecule has 5 heteroatoms. The minimum absolute atomic E-state index is 0.330. The summed E-state index contributed by atoms with van der Waals surface area (Å²) in [5, 5.41) is 9.78. The van der Waals surface area contributed by atoms with E-state index in [-0.39, 0.29) is 0 Å². The number of aliphatic hydroxyl groups is 1. The molecule has 72 valence electrons. The first-order valence-electron chi connectivity index (χ1n) is 3.53. The molecule has 1 aromatic rings. The molecule has 0 radical (unpaired) electrons. The summed E-state index contributed by atoms with van der Waals surface area (Å²) in [5.41, 5.74) is 5.63. The highest BCUT2D eigenvalue weighted by Crippen LogP contribution is 2.32. The van der Waals surface area contributed by atoms with E-state index in [4.69, 9.17) is 38.8 Å².